The molecule has 1 heterocycles. The second kappa shape index (κ2) is 6.27. The molecule has 3 rings (SSSR count). The summed E-state index contributed by atoms with van der Waals surface area (Å²) in [6, 6.07) is 16.2. The fraction of sp³-hybridized carbons (Fsp3) is 0.0556. The molecule has 3 aromatic rings. The average molecular weight is 306 g/mol. The monoisotopic (exact) mass is 306 g/mol. The van der Waals surface area contributed by atoms with Crippen LogP contribution in [0.25, 0.3) is 23.1 Å². The highest BCUT2D eigenvalue weighted by Crippen LogP contribution is 2.24. The highest BCUT2D eigenvalue weighted by Gasteiger charge is 2.12. The van der Waals surface area contributed by atoms with E-state index >= 15 is 0 Å². The summed E-state index contributed by atoms with van der Waals surface area (Å²) in [6.45, 7) is 0. The van der Waals surface area contributed by atoms with Crippen molar-refractivity contribution >= 4 is 28.7 Å². The fourth-order valence-electron chi connectivity index (χ4n) is 2.28. The Hall–Kier alpha value is -3.21. The van der Waals surface area contributed by atoms with Gasteiger partial charge in [0.1, 0.15) is 11.3 Å². The van der Waals surface area contributed by atoms with Gasteiger partial charge in [-0.15, -0.1) is 0 Å². The van der Waals surface area contributed by atoms with Crippen LogP contribution in [0.5, 0.6) is 5.75 Å². The molecule has 0 aliphatic rings. The van der Waals surface area contributed by atoms with Crippen LogP contribution in [0.1, 0.15) is 11.3 Å². The molecular weight excluding hydrogens is 292 g/mol. The predicted octanol–water partition coefficient (Wildman–Crippen LogP) is 4.32. The lowest BCUT2D eigenvalue weighted by Crippen LogP contribution is -1.92. The van der Waals surface area contributed by atoms with Crippen molar-refractivity contribution in [3.05, 3.63) is 76.0 Å². The van der Waals surface area contributed by atoms with E-state index in [4.69, 9.17) is 4.74 Å². The molecule has 23 heavy (non-hydrogen) atoms. The zero-order chi connectivity index (χ0) is 16.2. The summed E-state index contributed by atoms with van der Waals surface area (Å²) in [6.07, 6.45) is 3.74. The van der Waals surface area contributed by atoms with E-state index in [9.17, 15) is 10.1 Å². The highest BCUT2D eigenvalue weighted by molar-refractivity contribution is 5.88. The Kier molecular flexibility index (Phi) is 4.01. The standard InChI is InChI=1S/C18H14N2O3/c1-23-16-11-6-13(7-12-16)5-9-15-10-8-14-3-2-4-17(20(21)22)18(14)19-15/h2-12H,1H3/b9-5+. The van der Waals surface area contributed by atoms with Crippen LogP contribution in [0, 0.1) is 10.1 Å². The number of pyridine rings is 1. The van der Waals surface area contributed by atoms with Gasteiger partial charge < -0.3 is 4.74 Å². The number of nitro benzene ring substituents is 1. The van der Waals surface area contributed by atoms with Crippen LogP contribution in [-0.2, 0) is 0 Å². The van der Waals surface area contributed by atoms with Crippen molar-refractivity contribution in [1.29, 1.82) is 0 Å². The molecule has 5 nitrogen and oxygen atoms in total. The Morgan fingerprint density at radius 2 is 1.83 bits per heavy atom. The SMILES string of the molecule is COc1ccc(/C=C/c2ccc3cccc([N+](=O)[O-])c3n2)cc1. The van der Waals surface area contributed by atoms with Crippen molar-refractivity contribution in [3.8, 4) is 5.75 Å². The maximum Gasteiger partial charge on any atom is 0.295 e. The molecule has 0 spiro atoms. The number of nitro groups is 1. The minimum Gasteiger partial charge on any atom is -0.497 e. The molecule has 114 valence electrons. The van der Waals surface area contributed by atoms with Crippen LogP contribution in [0.2, 0.25) is 0 Å². The molecule has 5 heteroatoms. The molecule has 2 aromatic carbocycles. The maximum atomic E-state index is 11.1. The molecule has 0 bridgehead atoms. The molecule has 0 atom stereocenters. The molecular formula is C18H14N2O3. The zero-order valence-corrected chi connectivity index (χ0v) is 12.5. The number of methoxy groups -OCH3 is 1. The first kappa shape index (κ1) is 14.7. The van der Waals surface area contributed by atoms with Gasteiger partial charge in [0.15, 0.2) is 0 Å². The first-order chi connectivity index (χ1) is 11.2. The number of hydrogen-bond acceptors (Lipinski definition) is 4. The Labute approximate surface area is 133 Å². The molecule has 0 amide bonds. The second-order valence-electron chi connectivity index (χ2n) is 4.95. The van der Waals surface area contributed by atoms with Gasteiger partial charge >= 0.3 is 0 Å². The van der Waals surface area contributed by atoms with Gasteiger partial charge in [0.05, 0.1) is 17.7 Å². The van der Waals surface area contributed by atoms with Gasteiger partial charge in [0, 0.05) is 11.5 Å². The predicted molar refractivity (Wildman–Crippen MR) is 90.3 cm³/mol. The Morgan fingerprint density at radius 3 is 2.52 bits per heavy atom. The molecule has 0 unspecified atom stereocenters. The number of rotatable bonds is 4. The normalized spacial score (nSPS) is 11.0. The Bertz CT molecular complexity index is 886. The van der Waals surface area contributed by atoms with Crippen molar-refractivity contribution in [2.24, 2.45) is 0 Å². The first-order valence-electron chi connectivity index (χ1n) is 7.04. The van der Waals surface area contributed by atoms with Gasteiger partial charge in [0.2, 0.25) is 0 Å². The molecule has 0 fully saturated rings. The number of nitrogens with zero attached hydrogens (tertiary/aromatic N) is 2. The second-order valence-corrected chi connectivity index (χ2v) is 4.95. The molecule has 0 N–H and O–H groups in total. The Balaban J connectivity index is 1.94. The molecule has 0 saturated carbocycles. The summed E-state index contributed by atoms with van der Waals surface area (Å²) in [5.41, 5.74) is 2.08. The van der Waals surface area contributed by atoms with E-state index in [1.807, 2.05) is 54.6 Å². The summed E-state index contributed by atoms with van der Waals surface area (Å²) >= 11 is 0. The number of fused-ring (bicyclic) bond motifs is 1. The van der Waals surface area contributed by atoms with E-state index in [-0.39, 0.29) is 5.69 Å². The molecule has 1 aromatic heterocycles. The van der Waals surface area contributed by atoms with Gasteiger partial charge in [-0.3, -0.25) is 10.1 Å². The third-order valence-electron chi connectivity index (χ3n) is 3.48. The minimum absolute atomic E-state index is 0.0159. The maximum absolute atomic E-state index is 11.1. The van der Waals surface area contributed by atoms with Crippen LogP contribution in [0.3, 0.4) is 0 Å². The zero-order valence-electron chi connectivity index (χ0n) is 12.5. The van der Waals surface area contributed by atoms with E-state index in [0.29, 0.717) is 11.2 Å². The summed E-state index contributed by atoms with van der Waals surface area (Å²) in [7, 11) is 1.62. The van der Waals surface area contributed by atoms with Crippen LogP contribution in [-0.4, -0.2) is 17.0 Å². The van der Waals surface area contributed by atoms with Gasteiger partial charge in [-0.25, -0.2) is 4.98 Å². The van der Waals surface area contributed by atoms with Crippen LogP contribution < -0.4 is 4.74 Å². The highest BCUT2D eigenvalue weighted by atomic mass is 16.6. The number of ether oxygens (including phenoxy) is 1. The lowest BCUT2D eigenvalue weighted by molar-refractivity contribution is -0.383. The van der Waals surface area contributed by atoms with Crippen molar-refractivity contribution < 1.29 is 9.66 Å². The fourth-order valence-corrected chi connectivity index (χ4v) is 2.28. The van der Waals surface area contributed by atoms with Crippen LogP contribution in [0.15, 0.2) is 54.6 Å². The topological polar surface area (TPSA) is 65.3 Å². The van der Waals surface area contributed by atoms with Gasteiger partial charge in [-0.2, -0.15) is 0 Å². The third kappa shape index (κ3) is 3.18. The summed E-state index contributed by atoms with van der Waals surface area (Å²) < 4.78 is 5.12. The molecule has 0 aliphatic carbocycles. The Morgan fingerprint density at radius 1 is 1.04 bits per heavy atom. The van der Waals surface area contributed by atoms with E-state index in [2.05, 4.69) is 4.98 Å². The number of para-hydroxylation sites is 1. The molecule has 0 radical (unpaired) electrons. The van der Waals surface area contributed by atoms with Crippen molar-refractivity contribution in [2.45, 2.75) is 0 Å². The van der Waals surface area contributed by atoms with Gasteiger partial charge in [-0.05, 0) is 29.8 Å². The van der Waals surface area contributed by atoms with Gasteiger partial charge in [-0.1, -0.05) is 36.4 Å². The van der Waals surface area contributed by atoms with Crippen LogP contribution in [0.4, 0.5) is 5.69 Å². The quantitative estimate of drug-likeness (QED) is 0.532. The summed E-state index contributed by atoms with van der Waals surface area (Å²) in [4.78, 5) is 15.1. The summed E-state index contributed by atoms with van der Waals surface area (Å²) in [5, 5.41) is 11.9. The van der Waals surface area contributed by atoms with E-state index in [0.717, 1.165) is 16.7 Å². The van der Waals surface area contributed by atoms with E-state index < -0.39 is 4.92 Å². The van der Waals surface area contributed by atoms with Crippen molar-refractivity contribution in [1.82, 2.24) is 4.98 Å². The smallest absolute Gasteiger partial charge is 0.295 e. The number of benzene rings is 2. The van der Waals surface area contributed by atoms with E-state index in [1.54, 1.807) is 13.2 Å². The largest absolute Gasteiger partial charge is 0.497 e. The molecule has 0 saturated heterocycles. The lowest BCUT2D eigenvalue weighted by Gasteiger charge is -2.01. The van der Waals surface area contributed by atoms with Crippen molar-refractivity contribution in [3.63, 3.8) is 0 Å². The first-order valence-corrected chi connectivity index (χ1v) is 7.04. The lowest BCUT2D eigenvalue weighted by atomic mass is 10.1. The van der Waals surface area contributed by atoms with Gasteiger partial charge in [0.25, 0.3) is 5.69 Å². The number of non-ortho nitro benzene ring substituents is 1. The third-order valence-corrected chi connectivity index (χ3v) is 3.48. The van der Waals surface area contributed by atoms with E-state index in [1.165, 1.54) is 6.07 Å². The summed E-state index contributed by atoms with van der Waals surface area (Å²) in [5.74, 6) is 0.793. The average Bonchev–Trinajstić information content (AvgIpc) is 2.59. The molecule has 0 aliphatic heterocycles. The minimum atomic E-state index is -0.410. The number of hydrogen-bond donors (Lipinski definition) is 0. The van der Waals surface area contributed by atoms with Crippen LogP contribution >= 0.6 is 0 Å². The number of aromatic nitrogens is 1. The van der Waals surface area contributed by atoms with Crippen molar-refractivity contribution in [2.75, 3.05) is 7.11 Å².